The van der Waals surface area contributed by atoms with Crippen molar-refractivity contribution in [3.05, 3.63) is 354 Å². The van der Waals surface area contributed by atoms with Crippen molar-refractivity contribution in [3.63, 3.8) is 0 Å². The lowest BCUT2D eigenvalue weighted by molar-refractivity contribution is 0.436. The fourth-order valence-corrected chi connectivity index (χ4v) is 14.7. The predicted molar refractivity (Wildman–Crippen MR) is 338 cm³/mol. The molecule has 0 amide bonds. The van der Waals surface area contributed by atoms with Gasteiger partial charge < -0.3 is 14.4 Å². The first-order chi connectivity index (χ1) is 41.2. The Bertz CT molecular complexity index is 4660. The second-order valence-corrected chi connectivity index (χ2v) is 22.1. The quantitative estimate of drug-likeness (QED) is 0.159. The molecule has 2 aliphatic heterocycles. The minimum Gasteiger partial charge on any atom is -0.457 e. The summed E-state index contributed by atoms with van der Waals surface area (Å²) in [5.41, 5.74) is 25.8. The van der Waals surface area contributed by atoms with Crippen molar-refractivity contribution >= 4 is 17.1 Å². The van der Waals surface area contributed by atoms with E-state index in [9.17, 15) is 0 Å². The predicted octanol–water partition coefficient (Wildman–Crippen LogP) is 20.8. The van der Waals surface area contributed by atoms with E-state index in [1.54, 1.807) is 0 Å². The van der Waals surface area contributed by atoms with Crippen LogP contribution in [0.1, 0.15) is 44.5 Å². The largest absolute Gasteiger partial charge is 0.457 e. The molecule has 3 nitrogen and oxygen atoms in total. The standard InChI is InChI=1S/C80H51NO2/c1-2-21-52(22-3-1)53-41-43-54(44-42-53)55-45-48-57(49-46-55)81(72-35-14-6-23-58(72)56-47-50-66-63(51-56)59-24-4-8-28-64(59)79(66)67-30-10-16-37-74(67)82-75-38-17-11-31-68(75)79)73-36-15-7-25-60(73)61-27-20-34-71-78(61)62-26-5-9-29-65(62)80(71)69-32-12-18-39-76(69)83-77-40-19-13-33-70(77)80/h1-51H. The van der Waals surface area contributed by atoms with Crippen LogP contribution >= 0.6 is 0 Å². The van der Waals surface area contributed by atoms with Crippen LogP contribution in [0, 0.1) is 0 Å². The van der Waals surface area contributed by atoms with Crippen LogP contribution in [0.5, 0.6) is 23.0 Å². The summed E-state index contributed by atoms with van der Waals surface area (Å²) in [7, 11) is 0. The van der Waals surface area contributed by atoms with E-state index in [1.165, 1.54) is 61.2 Å². The minimum atomic E-state index is -0.608. The van der Waals surface area contributed by atoms with E-state index in [4.69, 9.17) is 9.47 Å². The van der Waals surface area contributed by atoms with E-state index >= 15 is 0 Å². The molecular formula is C80H51NO2. The van der Waals surface area contributed by atoms with Crippen LogP contribution in [0.4, 0.5) is 17.1 Å². The Kier molecular flexibility index (Phi) is 10.4. The highest BCUT2D eigenvalue weighted by molar-refractivity contribution is 6.02. The molecule has 0 bridgehead atoms. The topological polar surface area (TPSA) is 21.7 Å². The van der Waals surface area contributed by atoms with Crippen molar-refractivity contribution in [2.24, 2.45) is 0 Å². The second-order valence-electron chi connectivity index (χ2n) is 22.1. The first-order valence-corrected chi connectivity index (χ1v) is 28.6. The van der Waals surface area contributed by atoms with Gasteiger partial charge in [0.05, 0.1) is 22.2 Å². The molecule has 0 unspecified atom stereocenters. The average Bonchev–Trinajstić information content (AvgIpc) is 1.74. The molecule has 4 aliphatic rings. The maximum Gasteiger partial charge on any atom is 0.132 e. The molecule has 0 saturated heterocycles. The Labute approximate surface area is 483 Å². The van der Waals surface area contributed by atoms with Gasteiger partial charge in [0, 0.05) is 39.1 Å². The number of rotatable bonds is 7. The molecule has 0 atom stereocenters. The lowest BCUT2D eigenvalue weighted by atomic mass is 9.66. The van der Waals surface area contributed by atoms with Crippen molar-refractivity contribution in [1.82, 2.24) is 0 Å². The fourth-order valence-electron chi connectivity index (χ4n) is 14.7. The van der Waals surface area contributed by atoms with Crippen LogP contribution in [0.15, 0.2) is 309 Å². The van der Waals surface area contributed by atoms with Crippen LogP contribution in [0.25, 0.3) is 66.8 Å². The molecular weight excluding hydrogens is 1010 g/mol. The Hall–Kier alpha value is -10.7. The zero-order chi connectivity index (χ0) is 54.6. The summed E-state index contributed by atoms with van der Waals surface area (Å²) < 4.78 is 13.5. The van der Waals surface area contributed by atoms with E-state index in [-0.39, 0.29) is 0 Å². The third-order valence-corrected chi connectivity index (χ3v) is 18.1. The van der Waals surface area contributed by atoms with Gasteiger partial charge in [0.2, 0.25) is 0 Å². The highest BCUT2D eigenvalue weighted by Gasteiger charge is 2.53. The first-order valence-electron chi connectivity index (χ1n) is 28.6. The SMILES string of the molecule is c1ccc(-c2ccc(-c3ccc(N(c4ccccc4-c4ccc5c(c4)-c4ccccc4C54c5ccccc5Oc5ccccc54)c4ccccc4-c4cccc5c4-c4ccccc4C54c5ccccc5Oc5ccccc54)cc3)cc2)cc1. The molecule has 3 heteroatoms. The summed E-state index contributed by atoms with van der Waals surface area (Å²) in [5, 5.41) is 0. The van der Waals surface area contributed by atoms with Crippen molar-refractivity contribution in [1.29, 1.82) is 0 Å². The number of anilines is 3. The number of fused-ring (bicyclic) bond motifs is 18. The maximum atomic E-state index is 6.75. The summed E-state index contributed by atoms with van der Waals surface area (Å²) in [4.78, 5) is 2.50. The number of para-hydroxylation sites is 6. The first kappa shape index (κ1) is 47.1. The van der Waals surface area contributed by atoms with Gasteiger partial charge in [0.1, 0.15) is 23.0 Å². The van der Waals surface area contributed by atoms with Gasteiger partial charge in [-0.2, -0.15) is 0 Å². The molecule has 388 valence electrons. The minimum absolute atomic E-state index is 0.564. The van der Waals surface area contributed by atoms with Crippen LogP contribution in [0.2, 0.25) is 0 Å². The molecule has 0 radical (unpaired) electrons. The molecule has 2 heterocycles. The van der Waals surface area contributed by atoms with Gasteiger partial charge in [0.15, 0.2) is 0 Å². The lowest BCUT2D eigenvalue weighted by Gasteiger charge is -2.39. The number of ether oxygens (including phenoxy) is 2. The highest BCUT2D eigenvalue weighted by Crippen LogP contribution is 2.65. The molecule has 2 aliphatic carbocycles. The average molecular weight is 1060 g/mol. The summed E-state index contributed by atoms with van der Waals surface area (Å²) in [6.45, 7) is 0. The Morgan fingerprint density at radius 2 is 0.578 bits per heavy atom. The van der Waals surface area contributed by atoms with E-state index in [0.717, 1.165) is 90.1 Å². The molecule has 17 rings (SSSR count). The molecule has 0 aromatic heterocycles. The van der Waals surface area contributed by atoms with Gasteiger partial charge in [-0.25, -0.2) is 0 Å². The van der Waals surface area contributed by atoms with Gasteiger partial charge in [0.25, 0.3) is 0 Å². The van der Waals surface area contributed by atoms with E-state index in [1.807, 2.05) is 0 Å². The van der Waals surface area contributed by atoms with Gasteiger partial charge in [-0.1, -0.05) is 255 Å². The summed E-state index contributed by atoms with van der Waals surface area (Å²) >= 11 is 0. The number of hydrogen-bond acceptors (Lipinski definition) is 3. The maximum absolute atomic E-state index is 6.75. The Morgan fingerprint density at radius 3 is 1.14 bits per heavy atom. The molecule has 0 saturated carbocycles. The monoisotopic (exact) mass is 1060 g/mol. The molecule has 0 N–H and O–H groups in total. The van der Waals surface area contributed by atoms with Crippen molar-refractivity contribution in [3.8, 4) is 89.8 Å². The van der Waals surface area contributed by atoms with Crippen LogP contribution < -0.4 is 14.4 Å². The molecule has 83 heavy (non-hydrogen) atoms. The zero-order valence-electron chi connectivity index (χ0n) is 45.2. The van der Waals surface area contributed by atoms with Gasteiger partial charge in [-0.05, 0) is 132 Å². The third-order valence-electron chi connectivity index (χ3n) is 18.1. The van der Waals surface area contributed by atoms with Crippen LogP contribution in [-0.2, 0) is 10.8 Å². The van der Waals surface area contributed by atoms with Crippen LogP contribution in [0.3, 0.4) is 0 Å². The van der Waals surface area contributed by atoms with E-state index < -0.39 is 10.8 Å². The second kappa shape index (κ2) is 18.4. The summed E-state index contributed by atoms with van der Waals surface area (Å²) in [6, 6.07) is 113. The van der Waals surface area contributed by atoms with E-state index in [2.05, 4.69) is 314 Å². The third kappa shape index (κ3) is 6.80. The summed E-state index contributed by atoms with van der Waals surface area (Å²) in [6.07, 6.45) is 0. The van der Waals surface area contributed by atoms with Crippen LogP contribution in [-0.4, -0.2) is 0 Å². The van der Waals surface area contributed by atoms with Crippen molar-refractivity contribution in [2.75, 3.05) is 4.90 Å². The number of nitrogens with zero attached hydrogens (tertiary/aromatic N) is 1. The Balaban J connectivity index is 0.871. The number of benzene rings is 13. The normalized spacial score (nSPS) is 13.7. The molecule has 0 fully saturated rings. The van der Waals surface area contributed by atoms with Crippen molar-refractivity contribution < 1.29 is 9.47 Å². The van der Waals surface area contributed by atoms with E-state index in [0.29, 0.717) is 0 Å². The van der Waals surface area contributed by atoms with Gasteiger partial charge in [-0.15, -0.1) is 0 Å². The van der Waals surface area contributed by atoms with Gasteiger partial charge >= 0.3 is 0 Å². The fraction of sp³-hybridized carbons (Fsp3) is 0.0250. The number of hydrogen-bond donors (Lipinski definition) is 0. The zero-order valence-corrected chi connectivity index (χ0v) is 45.2. The Morgan fingerprint density at radius 1 is 0.217 bits per heavy atom. The highest BCUT2D eigenvalue weighted by atomic mass is 16.5. The molecule has 13 aromatic rings. The van der Waals surface area contributed by atoms with Gasteiger partial charge in [-0.3, -0.25) is 0 Å². The molecule has 13 aromatic carbocycles. The summed E-state index contributed by atoms with van der Waals surface area (Å²) in [5.74, 6) is 3.53. The smallest absolute Gasteiger partial charge is 0.132 e. The molecule has 2 spiro atoms. The lowest BCUT2D eigenvalue weighted by Crippen LogP contribution is -2.32. The van der Waals surface area contributed by atoms with Crippen molar-refractivity contribution in [2.45, 2.75) is 10.8 Å².